The quantitative estimate of drug-likeness (QED) is 0.409. The molecule has 2 aromatic carbocycles. The van der Waals surface area contributed by atoms with Crippen molar-refractivity contribution in [2.24, 2.45) is 0 Å². The number of hydrogen-bond acceptors (Lipinski definition) is 5. The number of halogens is 2. The highest BCUT2D eigenvalue weighted by atomic mass is 79.9. The van der Waals surface area contributed by atoms with Crippen LogP contribution in [0.3, 0.4) is 0 Å². The minimum Gasteiger partial charge on any atom is -0.460 e. The van der Waals surface area contributed by atoms with Gasteiger partial charge in [0.25, 0.3) is 5.76 Å². The highest BCUT2D eigenvalue weighted by Crippen LogP contribution is 2.33. The Morgan fingerprint density at radius 3 is 2.50 bits per heavy atom. The maximum atomic E-state index is 13.1. The van der Waals surface area contributed by atoms with Crippen LogP contribution in [0.15, 0.2) is 57.5 Å². The third-order valence-electron chi connectivity index (χ3n) is 3.62. The van der Waals surface area contributed by atoms with E-state index in [-0.39, 0.29) is 23.6 Å². The lowest BCUT2D eigenvalue weighted by molar-refractivity contribution is 0.0476. The SMILES string of the molecule is CCOC(=O)c1onc(-c2ccccc2Cl)c1C(=O)c1ccc(Br)cc1. The van der Waals surface area contributed by atoms with Crippen molar-refractivity contribution in [1.82, 2.24) is 5.16 Å². The highest BCUT2D eigenvalue weighted by Gasteiger charge is 2.30. The van der Waals surface area contributed by atoms with Crippen molar-refractivity contribution in [3.63, 3.8) is 0 Å². The Bertz CT molecular complexity index is 966. The van der Waals surface area contributed by atoms with Crippen molar-refractivity contribution in [2.75, 3.05) is 6.61 Å². The van der Waals surface area contributed by atoms with E-state index in [0.29, 0.717) is 16.1 Å². The molecule has 0 aliphatic carbocycles. The molecule has 1 heterocycles. The standard InChI is InChI=1S/C19H13BrClNO4/c1-2-25-19(24)18-15(17(23)11-7-9-12(20)10-8-11)16(22-26-18)13-5-3-4-6-14(13)21/h3-10H,2H2,1H3. The first-order valence-corrected chi connectivity index (χ1v) is 8.92. The summed E-state index contributed by atoms with van der Waals surface area (Å²) < 4.78 is 11.0. The van der Waals surface area contributed by atoms with Gasteiger partial charge in [-0.25, -0.2) is 4.79 Å². The average molecular weight is 435 g/mol. The Hall–Kier alpha value is -2.44. The summed E-state index contributed by atoms with van der Waals surface area (Å²) in [6.45, 7) is 1.81. The number of nitrogens with zero attached hydrogens (tertiary/aromatic N) is 1. The molecule has 0 N–H and O–H groups in total. The second-order valence-corrected chi connectivity index (χ2v) is 6.59. The lowest BCUT2D eigenvalue weighted by atomic mass is 9.98. The summed E-state index contributed by atoms with van der Waals surface area (Å²) in [5.74, 6) is -1.40. The fourth-order valence-corrected chi connectivity index (χ4v) is 2.91. The zero-order chi connectivity index (χ0) is 18.7. The van der Waals surface area contributed by atoms with E-state index in [2.05, 4.69) is 21.1 Å². The first kappa shape index (κ1) is 18.4. The first-order chi connectivity index (χ1) is 12.5. The Labute approximate surface area is 163 Å². The van der Waals surface area contributed by atoms with Gasteiger partial charge in [-0.3, -0.25) is 4.79 Å². The topological polar surface area (TPSA) is 69.4 Å². The smallest absolute Gasteiger partial charge is 0.377 e. The Balaban J connectivity index is 2.18. The van der Waals surface area contributed by atoms with Gasteiger partial charge in [-0.05, 0) is 37.3 Å². The summed E-state index contributed by atoms with van der Waals surface area (Å²) in [6.07, 6.45) is 0. The van der Waals surface area contributed by atoms with E-state index < -0.39 is 11.8 Å². The Morgan fingerprint density at radius 1 is 1.15 bits per heavy atom. The maximum Gasteiger partial charge on any atom is 0.377 e. The fourth-order valence-electron chi connectivity index (χ4n) is 2.42. The molecule has 0 aliphatic heterocycles. The second-order valence-electron chi connectivity index (χ2n) is 5.27. The Morgan fingerprint density at radius 2 is 1.85 bits per heavy atom. The minimum atomic E-state index is -0.751. The predicted octanol–water partition coefficient (Wildman–Crippen LogP) is 5.17. The summed E-state index contributed by atoms with van der Waals surface area (Å²) in [6, 6.07) is 13.6. The minimum absolute atomic E-state index is 0.0267. The van der Waals surface area contributed by atoms with E-state index in [1.165, 1.54) is 0 Å². The summed E-state index contributed by atoms with van der Waals surface area (Å²) in [7, 11) is 0. The van der Waals surface area contributed by atoms with Crippen LogP contribution in [0.2, 0.25) is 5.02 Å². The average Bonchev–Trinajstić information content (AvgIpc) is 3.07. The normalized spacial score (nSPS) is 10.6. The molecule has 0 amide bonds. The zero-order valence-electron chi connectivity index (χ0n) is 13.7. The molecule has 0 aliphatic rings. The van der Waals surface area contributed by atoms with Gasteiger partial charge in [-0.15, -0.1) is 0 Å². The molecule has 1 aromatic heterocycles. The molecule has 0 spiro atoms. The van der Waals surface area contributed by atoms with Crippen LogP contribution in [-0.4, -0.2) is 23.5 Å². The molecule has 3 rings (SSSR count). The van der Waals surface area contributed by atoms with Crippen LogP contribution in [0, 0.1) is 0 Å². The number of rotatable bonds is 5. The van der Waals surface area contributed by atoms with Crippen LogP contribution >= 0.6 is 27.5 Å². The largest absolute Gasteiger partial charge is 0.460 e. The van der Waals surface area contributed by atoms with Crippen molar-refractivity contribution in [3.05, 3.63) is 74.9 Å². The maximum absolute atomic E-state index is 13.1. The number of carbonyl (C=O) groups is 2. The van der Waals surface area contributed by atoms with Gasteiger partial charge in [-0.1, -0.05) is 50.9 Å². The summed E-state index contributed by atoms with van der Waals surface area (Å²) in [5, 5.41) is 4.31. The van der Waals surface area contributed by atoms with Crippen molar-refractivity contribution < 1.29 is 18.8 Å². The lowest BCUT2D eigenvalue weighted by Crippen LogP contribution is -2.11. The molecule has 0 fully saturated rings. The van der Waals surface area contributed by atoms with Gasteiger partial charge in [0.15, 0.2) is 5.78 Å². The summed E-state index contributed by atoms with van der Waals surface area (Å²) >= 11 is 9.57. The molecule has 0 saturated carbocycles. The van der Waals surface area contributed by atoms with E-state index in [1.54, 1.807) is 55.5 Å². The lowest BCUT2D eigenvalue weighted by Gasteiger charge is -2.05. The molecule has 132 valence electrons. The van der Waals surface area contributed by atoms with Gasteiger partial charge < -0.3 is 9.26 Å². The zero-order valence-corrected chi connectivity index (χ0v) is 16.0. The number of hydrogen-bond donors (Lipinski definition) is 0. The fraction of sp³-hybridized carbons (Fsp3) is 0.105. The van der Waals surface area contributed by atoms with Crippen molar-refractivity contribution >= 4 is 39.3 Å². The van der Waals surface area contributed by atoms with Crippen LogP contribution in [-0.2, 0) is 4.74 Å². The number of aromatic nitrogens is 1. The van der Waals surface area contributed by atoms with E-state index >= 15 is 0 Å². The van der Waals surface area contributed by atoms with Gasteiger partial charge in [0.1, 0.15) is 11.3 Å². The van der Waals surface area contributed by atoms with Crippen LogP contribution in [0.4, 0.5) is 0 Å². The number of benzene rings is 2. The molecule has 0 unspecified atom stereocenters. The highest BCUT2D eigenvalue weighted by molar-refractivity contribution is 9.10. The van der Waals surface area contributed by atoms with Crippen molar-refractivity contribution in [2.45, 2.75) is 6.92 Å². The number of ketones is 1. The first-order valence-electron chi connectivity index (χ1n) is 7.75. The van der Waals surface area contributed by atoms with E-state index in [4.69, 9.17) is 20.9 Å². The van der Waals surface area contributed by atoms with Crippen molar-refractivity contribution in [1.29, 1.82) is 0 Å². The van der Waals surface area contributed by atoms with Gasteiger partial charge in [0.2, 0.25) is 0 Å². The summed E-state index contributed by atoms with van der Waals surface area (Å²) in [5.41, 5.74) is 1.11. The molecular formula is C19H13BrClNO4. The number of esters is 1. The van der Waals surface area contributed by atoms with Crippen LogP contribution in [0.1, 0.15) is 33.4 Å². The van der Waals surface area contributed by atoms with Crippen LogP contribution < -0.4 is 0 Å². The third-order valence-corrected chi connectivity index (χ3v) is 4.47. The molecule has 0 bridgehead atoms. The van der Waals surface area contributed by atoms with E-state index in [9.17, 15) is 9.59 Å². The molecule has 0 atom stereocenters. The van der Waals surface area contributed by atoms with Gasteiger partial charge >= 0.3 is 5.97 Å². The van der Waals surface area contributed by atoms with Crippen LogP contribution in [0.5, 0.6) is 0 Å². The van der Waals surface area contributed by atoms with Gasteiger partial charge in [0.05, 0.1) is 11.6 Å². The van der Waals surface area contributed by atoms with Gasteiger partial charge in [0, 0.05) is 15.6 Å². The van der Waals surface area contributed by atoms with Crippen LogP contribution in [0.25, 0.3) is 11.3 Å². The van der Waals surface area contributed by atoms with E-state index in [0.717, 1.165) is 4.47 Å². The molecule has 0 radical (unpaired) electrons. The number of ether oxygens (including phenoxy) is 1. The molecule has 5 nitrogen and oxygen atoms in total. The monoisotopic (exact) mass is 433 g/mol. The molecular weight excluding hydrogens is 422 g/mol. The molecule has 3 aromatic rings. The molecule has 7 heteroatoms. The predicted molar refractivity (Wildman–Crippen MR) is 100 cm³/mol. The van der Waals surface area contributed by atoms with E-state index in [1.807, 2.05) is 0 Å². The molecule has 0 saturated heterocycles. The third kappa shape index (κ3) is 3.57. The Kier molecular flexibility index (Phi) is 5.54. The molecule has 26 heavy (non-hydrogen) atoms. The number of carbonyl (C=O) groups excluding carboxylic acids is 2. The summed E-state index contributed by atoms with van der Waals surface area (Å²) in [4.78, 5) is 25.3. The van der Waals surface area contributed by atoms with Gasteiger partial charge in [-0.2, -0.15) is 0 Å². The second kappa shape index (κ2) is 7.85. The van der Waals surface area contributed by atoms with Crippen molar-refractivity contribution in [3.8, 4) is 11.3 Å².